The number of halogens is 2. The van der Waals surface area contributed by atoms with E-state index in [1.165, 1.54) is 12.5 Å². The van der Waals surface area contributed by atoms with Crippen molar-refractivity contribution in [2.45, 2.75) is 51.4 Å². The molecule has 1 fully saturated rings. The van der Waals surface area contributed by atoms with Crippen LogP contribution in [0.25, 0.3) is 0 Å². The second kappa shape index (κ2) is 7.98. The maximum Gasteiger partial charge on any atom is 0.336 e. The van der Waals surface area contributed by atoms with Crippen LogP contribution >= 0.6 is 0 Å². The molecule has 1 aromatic carbocycles. The van der Waals surface area contributed by atoms with Gasteiger partial charge in [-0.2, -0.15) is 0 Å². The zero-order valence-electron chi connectivity index (χ0n) is 14.8. The van der Waals surface area contributed by atoms with E-state index >= 15 is 0 Å². The van der Waals surface area contributed by atoms with Gasteiger partial charge in [-0.25, -0.2) is 13.6 Å². The van der Waals surface area contributed by atoms with Crippen molar-refractivity contribution < 1.29 is 23.1 Å². The van der Waals surface area contributed by atoms with E-state index in [4.69, 9.17) is 4.74 Å². The zero-order chi connectivity index (χ0) is 18.7. The molecule has 0 unspecified atom stereocenters. The highest BCUT2D eigenvalue weighted by Crippen LogP contribution is 2.35. The Morgan fingerprint density at radius 1 is 1.23 bits per heavy atom. The third kappa shape index (κ3) is 4.11. The Hall–Kier alpha value is -2.24. The van der Waals surface area contributed by atoms with E-state index in [2.05, 4.69) is 5.32 Å². The summed E-state index contributed by atoms with van der Waals surface area (Å²) in [5.41, 5.74) is 0.736. The lowest BCUT2D eigenvalue weighted by Crippen LogP contribution is -2.35. The number of carbonyl (C=O) groups is 2. The number of nitrogens with one attached hydrogen (secondary N) is 1. The molecular weight excluding hydrogens is 340 g/mol. The van der Waals surface area contributed by atoms with Crippen LogP contribution in [0.5, 0.6) is 0 Å². The molecule has 26 heavy (non-hydrogen) atoms. The van der Waals surface area contributed by atoms with Crippen LogP contribution in [0.3, 0.4) is 0 Å². The van der Waals surface area contributed by atoms with Gasteiger partial charge in [0, 0.05) is 24.1 Å². The molecule has 1 N–H and O–H groups in total. The molecule has 1 aliphatic carbocycles. The fourth-order valence-corrected chi connectivity index (χ4v) is 3.85. The van der Waals surface area contributed by atoms with E-state index in [0.29, 0.717) is 18.2 Å². The van der Waals surface area contributed by atoms with Gasteiger partial charge in [0.2, 0.25) is 5.91 Å². The molecule has 3 rings (SSSR count). The number of benzene rings is 1. The number of hydrogen-bond acceptors (Lipinski definition) is 3. The van der Waals surface area contributed by atoms with Gasteiger partial charge in [0.05, 0.1) is 12.2 Å². The molecular formula is C20H23F2NO3. The predicted molar refractivity (Wildman–Crippen MR) is 92.1 cm³/mol. The van der Waals surface area contributed by atoms with Gasteiger partial charge in [-0.05, 0) is 37.3 Å². The molecule has 6 heteroatoms. The molecule has 0 spiro atoms. The maximum atomic E-state index is 14.3. The second-order valence-electron chi connectivity index (χ2n) is 7.11. The average molecular weight is 363 g/mol. The summed E-state index contributed by atoms with van der Waals surface area (Å²) < 4.78 is 33.0. The summed E-state index contributed by atoms with van der Waals surface area (Å²) >= 11 is 0. The average Bonchev–Trinajstić information content (AvgIpc) is 2.60. The minimum Gasteiger partial charge on any atom is -0.462 e. The quantitative estimate of drug-likeness (QED) is 0.824. The van der Waals surface area contributed by atoms with E-state index < -0.39 is 23.5 Å². The molecule has 0 radical (unpaired) electrons. The van der Waals surface area contributed by atoms with Gasteiger partial charge >= 0.3 is 5.97 Å². The van der Waals surface area contributed by atoms with Crippen molar-refractivity contribution in [2.75, 3.05) is 6.61 Å². The smallest absolute Gasteiger partial charge is 0.336 e. The SMILES string of the molecule is CC1=C(C(=O)OCC2CCCCC2)[C@H](c2ccc(F)cc2F)CC(=O)N1. The minimum absolute atomic E-state index is 0.0756. The highest BCUT2D eigenvalue weighted by Gasteiger charge is 2.34. The number of carbonyl (C=O) groups excluding carboxylic acids is 2. The first kappa shape index (κ1) is 18.5. The van der Waals surface area contributed by atoms with Gasteiger partial charge in [0.15, 0.2) is 0 Å². The molecule has 1 saturated carbocycles. The lowest BCUT2D eigenvalue weighted by molar-refractivity contribution is -0.141. The molecule has 4 nitrogen and oxygen atoms in total. The van der Waals surface area contributed by atoms with Gasteiger partial charge in [-0.1, -0.05) is 25.3 Å². The van der Waals surface area contributed by atoms with E-state index in [1.54, 1.807) is 6.92 Å². The van der Waals surface area contributed by atoms with Crippen LogP contribution < -0.4 is 5.32 Å². The van der Waals surface area contributed by atoms with E-state index in [1.807, 2.05) is 0 Å². The summed E-state index contributed by atoms with van der Waals surface area (Å²) in [6.45, 7) is 1.94. The Bertz CT molecular complexity index is 739. The molecule has 1 heterocycles. The van der Waals surface area contributed by atoms with Crippen molar-refractivity contribution in [1.82, 2.24) is 5.32 Å². The first-order valence-electron chi connectivity index (χ1n) is 9.08. The predicted octanol–water partition coefficient (Wildman–Crippen LogP) is 3.97. The van der Waals surface area contributed by atoms with Crippen LogP contribution in [0.2, 0.25) is 0 Å². The number of allylic oxidation sites excluding steroid dienone is 1. The van der Waals surface area contributed by atoms with Gasteiger partial charge in [-0.3, -0.25) is 4.79 Å². The summed E-state index contributed by atoms with van der Waals surface area (Å²) in [5.74, 6) is -2.73. The second-order valence-corrected chi connectivity index (χ2v) is 7.11. The van der Waals surface area contributed by atoms with Gasteiger partial charge in [0.1, 0.15) is 11.6 Å². The normalized spacial score (nSPS) is 21.5. The Balaban J connectivity index is 1.81. The number of amides is 1. The molecule has 1 amide bonds. The molecule has 2 aliphatic rings. The Labute approximate surface area is 151 Å². The number of hydrogen-bond donors (Lipinski definition) is 1. The first-order valence-corrected chi connectivity index (χ1v) is 9.08. The van der Waals surface area contributed by atoms with Crippen molar-refractivity contribution in [1.29, 1.82) is 0 Å². The van der Waals surface area contributed by atoms with E-state index in [0.717, 1.165) is 37.8 Å². The van der Waals surface area contributed by atoms with Crippen LogP contribution in [0, 0.1) is 17.6 Å². The topological polar surface area (TPSA) is 55.4 Å². The van der Waals surface area contributed by atoms with Crippen LogP contribution in [0.4, 0.5) is 8.78 Å². The molecule has 1 aromatic rings. The summed E-state index contributed by atoms with van der Waals surface area (Å²) in [7, 11) is 0. The molecule has 0 aromatic heterocycles. The fraction of sp³-hybridized carbons (Fsp3) is 0.500. The molecule has 1 aliphatic heterocycles. The highest BCUT2D eigenvalue weighted by atomic mass is 19.1. The molecule has 0 bridgehead atoms. The van der Waals surface area contributed by atoms with Crippen molar-refractivity contribution in [3.8, 4) is 0 Å². The van der Waals surface area contributed by atoms with Crippen molar-refractivity contribution in [3.63, 3.8) is 0 Å². The van der Waals surface area contributed by atoms with E-state index in [-0.39, 0.29) is 23.5 Å². The van der Waals surface area contributed by atoms with Gasteiger partial charge in [0.25, 0.3) is 0 Å². The Kier molecular flexibility index (Phi) is 5.69. The molecule has 140 valence electrons. The van der Waals surface area contributed by atoms with Crippen LogP contribution in [-0.2, 0) is 14.3 Å². The first-order chi connectivity index (χ1) is 12.5. The zero-order valence-corrected chi connectivity index (χ0v) is 14.8. The monoisotopic (exact) mass is 363 g/mol. The number of rotatable bonds is 4. The summed E-state index contributed by atoms with van der Waals surface area (Å²) in [6, 6.07) is 3.18. The Morgan fingerprint density at radius 3 is 2.65 bits per heavy atom. The minimum atomic E-state index is -0.775. The van der Waals surface area contributed by atoms with Crippen LogP contribution in [0.15, 0.2) is 29.5 Å². The lowest BCUT2D eigenvalue weighted by atomic mass is 9.84. The third-order valence-electron chi connectivity index (χ3n) is 5.20. The van der Waals surface area contributed by atoms with Crippen LogP contribution in [0.1, 0.15) is 56.9 Å². The van der Waals surface area contributed by atoms with Crippen molar-refractivity contribution in [2.24, 2.45) is 5.92 Å². The Morgan fingerprint density at radius 2 is 1.96 bits per heavy atom. The number of ether oxygens (including phenoxy) is 1. The van der Waals surface area contributed by atoms with Gasteiger partial charge < -0.3 is 10.1 Å². The maximum absolute atomic E-state index is 14.3. The summed E-state index contributed by atoms with van der Waals surface area (Å²) in [6.07, 6.45) is 5.50. The van der Waals surface area contributed by atoms with Crippen molar-refractivity contribution >= 4 is 11.9 Å². The summed E-state index contributed by atoms with van der Waals surface area (Å²) in [5, 5.41) is 2.62. The summed E-state index contributed by atoms with van der Waals surface area (Å²) in [4.78, 5) is 24.6. The highest BCUT2D eigenvalue weighted by molar-refractivity contribution is 5.95. The molecule has 1 atom stereocenters. The number of esters is 1. The van der Waals surface area contributed by atoms with Crippen molar-refractivity contribution in [3.05, 3.63) is 46.7 Å². The largest absolute Gasteiger partial charge is 0.462 e. The van der Waals surface area contributed by atoms with E-state index in [9.17, 15) is 18.4 Å². The molecule has 0 saturated heterocycles. The fourth-order valence-electron chi connectivity index (χ4n) is 3.85. The van der Waals surface area contributed by atoms with Gasteiger partial charge in [-0.15, -0.1) is 0 Å². The standard InChI is InChI=1S/C20H23F2NO3/c1-12-19(20(25)26-11-13-5-3-2-4-6-13)16(10-18(24)23-12)15-8-7-14(21)9-17(15)22/h7-9,13,16H,2-6,10-11H2,1H3,(H,23,24)/t16-/m0/s1. The third-order valence-corrected chi connectivity index (χ3v) is 5.20. The lowest BCUT2D eigenvalue weighted by Gasteiger charge is -2.28. The van der Waals surface area contributed by atoms with Crippen LogP contribution in [-0.4, -0.2) is 18.5 Å².